The zero-order valence-electron chi connectivity index (χ0n) is 19.4. The number of hydrogen-bond acceptors (Lipinski definition) is 3. The molecule has 0 heterocycles. The minimum absolute atomic E-state index is 0.0504. The average Bonchev–Trinajstić information content (AvgIpc) is 3.08. The summed E-state index contributed by atoms with van der Waals surface area (Å²) in [6.45, 7) is 6.94. The van der Waals surface area contributed by atoms with E-state index in [2.05, 4.69) is 23.8 Å². The summed E-state index contributed by atoms with van der Waals surface area (Å²) in [6, 6.07) is 6.98. The van der Waals surface area contributed by atoms with Crippen LogP contribution in [-0.4, -0.2) is 14.1 Å². The summed E-state index contributed by atoms with van der Waals surface area (Å²) in [5.41, 5.74) is 2.72. The second-order valence-corrected chi connectivity index (χ2v) is 13.0. The highest BCUT2D eigenvalue weighted by atomic mass is 32.2. The number of nitrogens with zero attached hydrogens (tertiary/aromatic N) is 1. The van der Waals surface area contributed by atoms with Crippen LogP contribution < -0.4 is 4.83 Å². The van der Waals surface area contributed by atoms with Crippen LogP contribution >= 0.6 is 0 Å². The fraction of sp³-hybridized carbons (Fsp3) is 0.731. The third kappa shape index (κ3) is 3.46. The summed E-state index contributed by atoms with van der Waals surface area (Å²) < 4.78 is 25.5. The van der Waals surface area contributed by atoms with Gasteiger partial charge in [0.05, 0.1) is 4.90 Å². The molecule has 0 aliphatic heterocycles. The second kappa shape index (κ2) is 7.60. The highest BCUT2D eigenvalue weighted by Gasteiger charge is 2.59. The molecule has 1 aromatic carbocycles. The summed E-state index contributed by atoms with van der Waals surface area (Å²) in [5, 5.41) is 4.56. The van der Waals surface area contributed by atoms with Crippen molar-refractivity contribution in [2.75, 3.05) is 0 Å². The topological polar surface area (TPSA) is 58.5 Å². The number of fused-ring (bicyclic) bond motifs is 5. The maximum absolute atomic E-state index is 12.8. The van der Waals surface area contributed by atoms with E-state index in [4.69, 9.17) is 0 Å². The van der Waals surface area contributed by atoms with E-state index < -0.39 is 10.0 Å². The van der Waals surface area contributed by atoms with Crippen LogP contribution in [0.25, 0.3) is 0 Å². The molecule has 0 bridgehead atoms. The van der Waals surface area contributed by atoms with Gasteiger partial charge in [0.2, 0.25) is 0 Å². The van der Waals surface area contributed by atoms with Crippen LogP contribution in [0.4, 0.5) is 0 Å². The van der Waals surface area contributed by atoms with Crippen molar-refractivity contribution in [3.05, 3.63) is 29.8 Å². The minimum Gasteiger partial charge on any atom is -0.200 e. The molecule has 0 aromatic heterocycles. The van der Waals surface area contributed by atoms with Gasteiger partial charge in [0.25, 0.3) is 10.0 Å². The van der Waals surface area contributed by atoms with E-state index >= 15 is 0 Å². The molecule has 0 amide bonds. The summed E-state index contributed by atoms with van der Waals surface area (Å²) in [6.07, 6.45) is 13.0. The summed E-state index contributed by atoms with van der Waals surface area (Å²) in [4.78, 5) is 2.87. The van der Waals surface area contributed by atoms with E-state index in [-0.39, 0.29) is 10.3 Å². The zero-order chi connectivity index (χ0) is 21.9. The molecule has 4 saturated carbocycles. The van der Waals surface area contributed by atoms with E-state index in [1.54, 1.807) is 12.1 Å². The quantitative estimate of drug-likeness (QED) is 0.578. The van der Waals surface area contributed by atoms with Crippen molar-refractivity contribution in [2.45, 2.75) is 89.9 Å². The Balaban J connectivity index is 1.36. The molecule has 5 rings (SSSR count). The number of rotatable bonds is 3. The highest BCUT2D eigenvalue weighted by molar-refractivity contribution is 7.89. The Kier molecular flexibility index (Phi) is 5.27. The van der Waals surface area contributed by atoms with Crippen molar-refractivity contribution < 1.29 is 8.42 Å². The standard InChI is InChI=1S/C26H38N2O2S/c1-18-7-10-20(11-8-18)31(29,30)28-27-24-14-13-22-21-12-9-19-6-4-5-16-25(19,2)23(21)15-17-26(22,24)3/h7-8,10-11,19,21-23,28H,4-6,9,12-17H2,1-3H3/b27-24+/t19-,21-,22-,23-,25-,26-/m0/s1. The molecule has 31 heavy (non-hydrogen) atoms. The van der Waals surface area contributed by atoms with E-state index in [9.17, 15) is 8.42 Å². The Morgan fingerprint density at radius 2 is 1.71 bits per heavy atom. The van der Waals surface area contributed by atoms with Crippen molar-refractivity contribution in [2.24, 2.45) is 39.6 Å². The molecule has 5 heteroatoms. The van der Waals surface area contributed by atoms with Crippen LogP contribution in [0, 0.1) is 41.4 Å². The molecule has 170 valence electrons. The molecule has 0 unspecified atom stereocenters. The van der Waals surface area contributed by atoms with Gasteiger partial charge in [-0.15, -0.1) is 0 Å². The van der Waals surface area contributed by atoms with Crippen molar-refractivity contribution in [3.8, 4) is 0 Å². The fourth-order valence-electron chi connectivity index (χ4n) is 8.15. The lowest BCUT2D eigenvalue weighted by Crippen LogP contribution is -2.52. The number of benzene rings is 1. The molecule has 0 radical (unpaired) electrons. The Labute approximate surface area is 188 Å². The number of sulfonamides is 1. The molecule has 1 aromatic rings. The van der Waals surface area contributed by atoms with Gasteiger partial charge in [-0.1, -0.05) is 44.4 Å². The van der Waals surface area contributed by atoms with Crippen molar-refractivity contribution in [3.63, 3.8) is 0 Å². The summed E-state index contributed by atoms with van der Waals surface area (Å²) in [5.74, 6) is 3.24. The first-order valence-electron chi connectivity index (χ1n) is 12.4. The number of hydrogen-bond donors (Lipinski definition) is 1. The highest BCUT2D eigenvalue weighted by Crippen LogP contribution is 2.65. The molecule has 0 spiro atoms. The Morgan fingerprint density at radius 1 is 0.935 bits per heavy atom. The predicted molar refractivity (Wildman–Crippen MR) is 125 cm³/mol. The van der Waals surface area contributed by atoms with Gasteiger partial charge in [-0.2, -0.15) is 13.5 Å². The van der Waals surface area contributed by atoms with Crippen LogP contribution in [0.1, 0.15) is 83.6 Å². The first-order chi connectivity index (χ1) is 14.7. The maximum atomic E-state index is 12.8. The smallest absolute Gasteiger partial charge is 0.200 e. The van der Waals surface area contributed by atoms with Gasteiger partial charge in [-0.05, 0) is 99.5 Å². The summed E-state index contributed by atoms with van der Waals surface area (Å²) in [7, 11) is -3.62. The number of aryl methyl sites for hydroxylation is 1. The van der Waals surface area contributed by atoms with Gasteiger partial charge in [-0.25, -0.2) is 4.83 Å². The van der Waals surface area contributed by atoms with Crippen molar-refractivity contribution in [1.82, 2.24) is 4.83 Å². The van der Waals surface area contributed by atoms with Gasteiger partial charge in [0.1, 0.15) is 0 Å². The first-order valence-corrected chi connectivity index (χ1v) is 13.9. The van der Waals surface area contributed by atoms with Gasteiger partial charge >= 0.3 is 0 Å². The lowest BCUT2D eigenvalue weighted by molar-refractivity contribution is -0.0936. The first kappa shape index (κ1) is 21.5. The SMILES string of the molecule is Cc1ccc(S(=O)(=O)N/N=C2\CC[C@H]3[C@@H]4CC[C@@H]5CCCC[C@]5(C)[C@H]4CC[C@]23C)cc1. The van der Waals surface area contributed by atoms with E-state index in [0.29, 0.717) is 11.3 Å². The summed E-state index contributed by atoms with van der Waals surface area (Å²) >= 11 is 0. The van der Waals surface area contributed by atoms with Crippen molar-refractivity contribution >= 4 is 15.7 Å². The maximum Gasteiger partial charge on any atom is 0.276 e. The third-order valence-corrected chi connectivity index (χ3v) is 11.2. The monoisotopic (exact) mass is 442 g/mol. The molecule has 4 fully saturated rings. The molecule has 4 nitrogen and oxygen atoms in total. The van der Waals surface area contributed by atoms with Crippen LogP contribution in [0.2, 0.25) is 0 Å². The lowest BCUT2D eigenvalue weighted by atomic mass is 9.45. The molecule has 4 aliphatic rings. The van der Waals surface area contributed by atoms with E-state index in [1.807, 2.05) is 19.1 Å². The van der Waals surface area contributed by atoms with Gasteiger partial charge in [-0.3, -0.25) is 0 Å². The molecule has 6 atom stereocenters. The van der Waals surface area contributed by atoms with Crippen LogP contribution in [0.15, 0.2) is 34.3 Å². The molecule has 0 saturated heterocycles. The van der Waals surface area contributed by atoms with Crippen LogP contribution in [-0.2, 0) is 10.0 Å². The molecule has 4 aliphatic carbocycles. The van der Waals surface area contributed by atoms with Gasteiger partial charge in [0, 0.05) is 11.1 Å². The lowest BCUT2D eigenvalue weighted by Gasteiger charge is -2.59. The fourth-order valence-corrected chi connectivity index (χ4v) is 8.98. The number of nitrogens with one attached hydrogen (secondary N) is 1. The minimum atomic E-state index is -3.62. The second-order valence-electron chi connectivity index (χ2n) is 11.4. The third-order valence-electron chi connectivity index (χ3n) is 9.96. The van der Waals surface area contributed by atoms with Crippen molar-refractivity contribution in [1.29, 1.82) is 0 Å². The largest absolute Gasteiger partial charge is 0.276 e. The average molecular weight is 443 g/mol. The molecular weight excluding hydrogens is 404 g/mol. The Morgan fingerprint density at radius 3 is 2.48 bits per heavy atom. The molecular formula is C26H38N2O2S. The van der Waals surface area contributed by atoms with Crippen LogP contribution in [0.3, 0.4) is 0 Å². The normalized spacial score (nSPS) is 41.3. The van der Waals surface area contributed by atoms with E-state index in [1.165, 1.54) is 51.4 Å². The van der Waals surface area contributed by atoms with Gasteiger partial charge < -0.3 is 0 Å². The zero-order valence-corrected chi connectivity index (χ0v) is 20.2. The van der Waals surface area contributed by atoms with Gasteiger partial charge in [0.15, 0.2) is 0 Å². The Bertz CT molecular complexity index is 970. The predicted octanol–water partition coefficient (Wildman–Crippen LogP) is 6.06. The molecule has 1 N–H and O–H groups in total. The van der Waals surface area contributed by atoms with E-state index in [0.717, 1.165) is 41.9 Å². The van der Waals surface area contributed by atoms with Crippen LogP contribution in [0.5, 0.6) is 0 Å². The Hall–Kier alpha value is -1.36. The number of hydrazone groups is 1.